The van der Waals surface area contributed by atoms with E-state index in [-0.39, 0.29) is 31.4 Å². The Morgan fingerprint density at radius 3 is 2.43 bits per heavy atom. The molecule has 1 amide bonds. The molecule has 35 heavy (non-hydrogen) atoms. The molecule has 6 nitrogen and oxygen atoms in total. The van der Waals surface area contributed by atoms with Crippen molar-refractivity contribution >= 4 is 33.3 Å². The Bertz CT molecular complexity index is 1180. The number of thiophene rings is 1. The minimum absolute atomic E-state index is 0.143. The molecular weight excluding hydrogens is 487 g/mol. The standard InChI is InChI=1S/C26H29FN2O4S2/c1-33-16-6-15-29(35(31,32)18-14-22-7-3-2-4-8-22)21-26(30)28(20-25-9-5-17-34-25)19-23-10-12-24(27)13-11-23/h2-5,7-14,17-18H,6,15-16,19-21H2,1H3/b18-14+. The van der Waals surface area contributed by atoms with Gasteiger partial charge in [0.25, 0.3) is 0 Å². The van der Waals surface area contributed by atoms with Gasteiger partial charge in [0.05, 0.1) is 13.1 Å². The highest BCUT2D eigenvalue weighted by molar-refractivity contribution is 7.92. The molecule has 0 N–H and O–H groups in total. The van der Waals surface area contributed by atoms with Crippen LogP contribution in [-0.2, 0) is 32.6 Å². The van der Waals surface area contributed by atoms with Gasteiger partial charge in [0.15, 0.2) is 0 Å². The highest BCUT2D eigenvalue weighted by Gasteiger charge is 2.25. The van der Waals surface area contributed by atoms with Crippen LogP contribution < -0.4 is 0 Å². The van der Waals surface area contributed by atoms with Gasteiger partial charge in [-0.3, -0.25) is 4.79 Å². The topological polar surface area (TPSA) is 66.9 Å². The second kappa shape index (κ2) is 13.3. The van der Waals surface area contributed by atoms with Crippen LogP contribution in [0.15, 0.2) is 77.5 Å². The van der Waals surface area contributed by atoms with Crippen LogP contribution in [0.1, 0.15) is 22.4 Å². The summed E-state index contributed by atoms with van der Waals surface area (Å²) in [5.41, 5.74) is 1.50. The van der Waals surface area contributed by atoms with Gasteiger partial charge >= 0.3 is 0 Å². The summed E-state index contributed by atoms with van der Waals surface area (Å²) in [7, 11) is -2.32. The number of carbonyl (C=O) groups is 1. The van der Waals surface area contributed by atoms with Crippen LogP contribution in [0.2, 0.25) is 0 Å². The van der Waals surface area contributed by atoms with E-state index >= 15 is 0 Å². The molecule has 0 saturated carbocycles. The van der Waals surface area contributed by atoms with Gasteiger partial charge in [0.2, 0.25) is 15.9 Å². The van der Waals surface area contributed by atoms with Crippen molar-refractivity contribution in [2.75, 3.05) is 26.8 Å². The van der Waals surface area contributed by atoms with E-state index in [0.29, 0.717) is 19.6 Å². The average molecular weight is 517 g/mol. The van der Waals surface area contributed by atoms with Crippen molar-refractivity contribution < 1.29 is 22.3 Å². The first-order valence-corrected chi connectivity index (χ1v) is 13.5. The minimum Gasteiger partial charge on any atom is -0.385 e. The van der Waals surface area contributed by atoms with Crippen molar-refractivity contribution in [2.24, 2.45) is 0 Å². The average Bonchev–Trinajstić information content (AvgIpc) is 3.37. The maximum Gasteiger partial charge on any atom is 0.238 e. The number of methoxy groups -OCH3 is 1. The predicted octanol–water partition coefficient (Wildman–Crippen LogP) is 4.76. The van der Waals surface area contributed by atoms with Crippen LogP contribution in [0.25, 0.3) is 6.08 Å². The molecule has 2 aromatic carbocycles. The van der Waals surface area contributed by atoms with Gasteiger partial charge in [-0.15, -0.1) is 11.3 Å². The van der Waals surface area contributed by atoms with Gasteiger partial charge < -0.3 is 9.64 Å². The molecule has 0 unspecified atom stereocenters. The fourth-order valence-electron chi connectivity index (χ4n) is 3.38. The van der Waals surface area contributed by atoms with Crippen LogP contribution in [0.3, 0.4) is 0 Å². The summed E-state index contributed by atoms with van der Waals surface area (Å²) in [6.07, 6.45) is 1.97. The molecule has 0 spiro atoms. The van der Waals surface area contributed by atoms with E-state index in [9.17, 15) is 17.6 Å². The lowest BCUT2D eigenvalue weighted by Gasteiger charge is -2.26. The lowest BCUT2D eigenvalue weighted by atomic mass is 10.2. The van der Waals surface area contributed by atoms with Gasteiger partial charge in [0, 0.05) is 37.1 Å². The maximum absolute atomic E-state index is 13.4. The fourth-order valence-corrected chi connectivity index (χ4v) is 5.27. The molecule has 186 valence electrons. The van der Waals surface area contributed by atoms with E-state index in [1.165, 1.54) is 33.9 Å². The summed E-state index contributed by atoms with van der Waals surface area (Å²) in [5.74, 6) is -0.692. The van der Waals surface area contributed by atoms with Crippen LogP contribution in [-0.4, -0.2) is 50.3 Å². The maximum atomic E-state index is 13.4. The van der Waals surface area contributed by atoms with Gasteiger partial charge in [0.1, 0.15) is 5.82 Å². The molecule has 0 fully saturated rings. The van der Waals surface area contributed by atoms with Crippen LogP contribution in [0.5, 0.6) is 0 Å². The second-order valence-electron chi connectivity index (χ2n) is 7.89. The van der Waals surface area contributed by atoms with Crippen molar-refractivity contribution in [3.63, 3.8) is 0 Å². The number of ether oxygens (including phenoxy) is 1. The summed E-state index contributed by atoms with van der Waals surface area (Å²) < 4.78 is 45.9. The Hall–Kier alpha value is -2.85. The van der Waals surface area contributed by atoms with E-state index in [1.54, 1.807) is 36.3 Å². The van der Waals surface area contributed by atoms with Gasteiger partial charge in [-0.25, -0.2) is 12.8 Å². The van der Waals surface area contributed by atoms with E-state index in [0.717, 1.165) is 21.4 Å². The Morgan fingerprint density at radius 1 is 1.03 bits per heavy atom. The molecule has 9 heteroatoms. The quantitative estimate of drug-likeness (QED) is 0.308. The Labute approximate surface area is 210 Å². The molecule has 0 aliphatic rings. The SMILES string of the molecule is COCCCN(CC(=O)N(Cc1ccc(F)cc1)Cc1cccs1)S(=O)(=O)/C=C/c1ccccc1. The molecule has 0 radical (unpaired) electrons. The predicted molar refractivity (Wildman–Crippen MR) is 137 cm³/mol. The Balaban J connectivity index is 1.80. The third-order valence-corrected chi connectivity index (χ3v) is 7.60. The third-order valence-electron chi connectivity index (χ3n) is 5.23. The zero-order valence-electron chi connectivity index (χ0n) is 19.5. The number of hydrogen-bond acceptors (Lipinski definition) is 5. The van der Waals surface area contributed by atoms with Crippen LogP contribution in [0, 0.1) is 5.82 Å². The smallest absolute Gasteiger partial charge is 0.238 e. The summed E-state index contributed by atoms with van der Waals surface area (Å²) in [6, 6.07) is 18.9. The van der Waals surface area contributed by atoms with E-state index in [4.69, 9.17) is 4.74 Å². The van der Waals surface area contributed by atoms with Gasteiger partial charge in [-0.1, -0.05) is 48.5 Å². The fraction of sp³-hybridized carbons (Fsp3) is 0.269. The Morgan fingerprint density at radius 2 is 1.77 bits per heavy atom. The number of carbonyl (C=O) groups excluding carboxylic acids is 1. The van der Waals surface area contributed by atoms with Crippen molar-refractivity contribution in [3.8, 4) is 0 Å². The number of halogens is 1. The molecular formula is C26H29FN2O4S2. The normalized spacial score (nSPS) is 11.9. The minimum atomic E-state index is -3.87. The lowest BCUT2D eigenvalue weighted by Crippen LogP contribution is -2.42. The molecule has 1 aromatic heterocycles. The molecule has 0 aliphatic heterocycles. The van der Waals surface area contributed by atoms with Crippen molar-refractivity contribution in [2.45, 2.75) is 19.5 Å². The third kappa shape index (κ3) is 8.70. The van der Waals surface area contributed by atoms with Gasteiger partial charge in [-0.05, 0) is 47.2 Å². The first-order chi connectivity index (χ1) is 16.9. The van der Waals surface area contributed by atoms with E-state index in [2.05, 4.69) is 0 Å². The second-order valence-corrected chi connectivity index (χ2v) is 10.7. The molecule has 0 saturated heterocycles. The number of amides is 1. The molecule has 3 rings (SSSR count). The molecule has 0 aliphatic carbocycles. The van der Waals surface area contributed by atoms with Crippen molar-refractivity contribution in [1.29, 1.82) is 0 Å². The molecule has 1 heterocycles. The number of rotatable bonds is 13. The van der Waals surface area contributed by atoms with Crippen molar-refractivity contribution in [1.82, 2.24) is 9.21 Å². The zero-order chi connectivity index (χ0) is 25.1. The first kappa shape index (κ1) is 26.7. The van der Waals surface area contributed by atoms with Crippen LogP contribution in [0.4, 0.5) is 4.39 Å². The highest BCUT2D eigenvalue weighted by Crippen LogP contribution is 2.17. The number of hydrogen-bond donors (Lipinski definition) is 0. The first-order valence-electron chi connectivity index (χ1n) is 11.1. The van der Waals surface area contributed by atoms with E-state index in [1.807, 2.05) is 35.7 Å². The molecule has 0 bridgehead atoms. The zero-order valence-corrected chi connectivity index (χ0v) is 21.2. The van der Waals surface area contributed by atoms with E-state index < -0.39 is 10.0 Å². The highest BCUT2D eigenvalue weighted by atomic mass is 32.2. The summed E-state index contributed by atoms with van der Waals surface area (Å²) in [4.78, 5) is 16.0. The Kier molecular flexibility index (Phi) is 10.2. The summed E-state index contributed by atoms with van der Waals surface area (Å²) >= 11 is 1.52. The number of nitrogens with zero attached hydrogens (tertiary/aromatic N) is 2. The van der Waals surface area contributed by atoms with Gasteiger partial charge in [-0.2, -0.15) is 4.31 Å². The van der Waals surface area contributed by atoms with Crippen LogP contribution >= 0.6 is 11.3 Å². The molecule has 3 aromatic rings. The summed E-state index contributed by atoms with van der Waals surface area (Å²) in [5, 5.41) is 3.05. The number of benzene rings is 2. The largest absolute Gasteiger partial charge is 0.385 e. The molecule has 0 atom stereocenters. The summed E-state index contributed by atoms with van der Waals surface area (Å²) in [6.45, 7) is 0.780. The monoisotopic (exact) mass is 516 g/mol. The lowest BCUT2D eigenvalue weighted by molar-refractivity contribution is -0.132. The number of sulfonamides is 1. The van der Waals surface area contributed by atoms with Crippen molar-refractivity contribution in [3.05, 3.63) is 99.3 Å².